The van der Waals surface area contributed by atoms with Crippen LogP contribution >= 0.6 is 69.6 Å². The zero-order chi connectivity index (χ0) is 29.2. The van der Waals surface area contributed by atoms with Gasteiger partial charge in [0.15, 0.2) is 5.82 Å². The van der Waals surface area contributed by atoms with Crippen molar-refractivity contribution in [3.05, 3.63) is 53.7 Å². The predicted octanol–water partition coefficient (Wildman–Crippen LogP) is 7.44. The summed E-state index contributed by atoms with van der Waals surface area (Å²) in [6, 6.07) is 7.26. The molecule has 0 radical (unpaired) electrons. The van der Waals surface area contributed by atoms with Crippen molar-refractivity contribution in [3.8, 4) is 0 Å². The third kappa shape index (κ3) is 9.06. The number of rotatable bonds is 5. The van der Waals surface area contributed by atoms with Gasteiger partial charge in [0.05, 0.1) is 5.56 Å². The number of hydrogen-bond acceptors (Lipinski definition) is 6. The highest BCUT2D eigenvalue weighted by Crippen LogP contribution is 2.36. The molecule has 1 aliphatic rings. The Morgan fingerprint density at radius 3 is 2.10 bits per heavy atom. The molecule has 17 heteroatoms. The van der Waals surface area contributed by atoms with Gasteiger partial charge in [-0.15, -0.1) is 0 Å². The Labute approximate surface area is 249 Å². The van der Waals surface area contributed by atoms with Crippen LogP contribution in [-0.2, 0) is 20.4 Å². The van der Waals surface area contributed by atoms with Crippen LogP contribution in [0, 0.1) is 0 Å². The standard InChI is InChI=1S/C22H16Cl6F3N3O5/c23-20(24,25)10-38-18(36)34(19(37)39-11-21(26,27)28)16-8-15(4-5-32-16)33-9-13(7-17(33)35)12-2-1-3-14(6-12)22(29,30)31/h1-6,8,13H,7,9-11H2. The fourth-order valence-electron chi connectivity index (χ4n) is 3.52. The van der Waals surface area contributed by atoms with Gasteiger partial charge in [0.25, 0.3) is 0 Å². The maximum absolute atomic E-state index is 13.2. The fourth-order valence-corrected chi connectivity index (χ4v) is 3.85. The summed E-state index contributed by atoms with van der Waals surface area (Å²) in [4.78, 5) is 43.8. The van der Waals surface area contributed by atoms with E-state index in [9.17, 15) is 27.6 Å². The highest BCUT2D eigenvalue weighted by molar-refractivity contribution is 6.68. The van der Waals surface area contributed by atoms with E-state index in [1.165, 1.54) is 35.4 Å². The number of hydrogen-bond donors (Lipinski definition) is 0. The molecule has 1 saturated heterocycles. The van der Waals surface area contributed by atoms with E-state index in [1.54, 1.807) is 0 Å². The number of carbonyl (C=O) groups is 3. The highest BCUT2D eigenvalue weighted by atomic mass is 35.6. The number of amides is 3. The molecule has 39 heavy (non-hydrogen) atoms. The molecule has 8 nitrogen and oxygen atoms in total. The van der Waals surface area contributed by atoms with E-state index in [4.69, 9.17) is 79.1 Å². The molecule has 0 spiro atoms. The average molecular weight is 672 g/mol. The zero-order valence-corrected chi connectivity index (χ0v) is 23.8. The molecule has 1 atom stereocenters. The number of aromatic nitrogens is 1. The van der Waals surface area contributed by atoms with E-state index >= 15 is 0 Å². The number of alkyl halides is 9. The maximum Gasteiger partial charge on any atom is 0.425 e. The minimum Gasteiger partial charge on any atom is -0.444 e. The lowest BCUT2D eigenvalue weighted by atomic mass is 9.96. The van der Waals surface area contributed by atoms with Gasteiger partial charge in [-0.25, -0.2) is 14.6 Å². The Bertz CT molecular complexity index is 1210. The van der Waals surface area contributed by atoms with Gasteiger partial charge in [0.1, 0.15) is 13.2 Å². The molecule has 0 aliphatic carbocycles. The molecule has 2 aromatic rings. The van der Waals surface area contributed by atoms with Crippen LogP contribution in [0.15, 0.2) is 42.6 Å². The number of carbonyl (C=O) groups excluding carboxylic acids is 3. The number of nitrogens with zero attached hydrogens (tertiary/aromatic N) is 3. The highest BCUT2D eigenvalue weighted by Gasteiger charge is 2.37. The van der Waals surface area contributed by atoms with Gasteiger partial charge in [-0.2, -0.15) is 18.1 Å². The average Bonchev–Trinajstić information content (AvgIpc) is 3.22. The maximum atomic E-state index is 13.2. The van der Waals surface area contributed by atoms with Crippen molar-refractivity contribution in [2.75, 3.05) is 29.6 Å². The number of anilines is 2. The van der Waals surface area contributed by atoms with Crippen LogP contribution in [0.4, 0.5) is 34.3 Å². The molecule has 1 aliphatic heterocycles. The van der Waals surface area contributed by atoms with Gasteiger partial charge in [-0.3, -0.25) is 4.79 Å². The molecule has 0 bridgehead atoms. The van der Waals surface area contributed by atoms with Crippen molar-refractivity contribution < 1.29 is 37.0 Å². The van der Waals surface area contributed by atoms with Crippen LogP contribution in [-0.4, -0.2) is 50.4 Å². The molecule has 0 N–H and O–H groups in total. The summed E-state index contributed by atoms with van der Waals surface area (Å²) in [6.45, 7) is -1.50. The lowest BCUT2D eigenvalue weighted by Crippen LogP contribution is -2.40. The molecule has 1 unspecified atom stereocenters. The molecule has 1 aromatic carbocycles. The first-order valence-corrected chi connectivity index (χ1v) is 12.9. The fraction of sp³-hybridized carbons (Fsp3) is 0.364. The van der Waals surface area contributed by atoms with Crippen molar-refractivity contribution in [2.24, 2.45) is 0 Å². The summed E-state index contributed by atoms with van der Waals surface area (Å²) in [5.74, 6) is -1.35. The summed E-state index contributed by atoms with van der Waals surface area (Å²) < 4.78 is 45.1. The molecule has 2 heterocycles. The van der Waals surface area contributed by atoms with E-state index in [-0.39, 0.29) is 24.5 Å². The van der Waals surface area contributed by atoms with Gasteiger partial charge in [0.2, 0.25) is 13.5 Å². The second-order valence-corrected chi connectivity index (χ2v) is 13.1. The number of halogens is 9. The second kappa shape index (κ2) is 12.3. The minimum absolute atomic E-state index is 0.0129. The molecular formula is C22H16Cl6F3N3O5. The molecule has 3 rings (SSSR count). The smallest absolute Gasteiger partial charge is 0.425 e. The summed E-state index contributed by atoms with van der Waals surface area (Å²) in [5.41, 5.74) is -0.343. The molecule has 212 valence electrons. The summed E-state index contributed by atoms with van der Waals surface area (Å²) in [5, 5.41) is 0. The normalized spacial score (nSPS) is 16.3. The monoisotopic (exact) mass is 669 g/mol. The predicted molar refractivity (Wildman–Crippen MR) is 141 cm³/mol. The Balaban J connectivity index is 1.88. The number of pyridine rings is 1. The van der Waals surface area contributed by atoms with Crippen LogP contribution < -0.4 is 9.80 Å². The summed E-state index contributed by atoms with van der Waals surface area (Å²) >= 11 is 33.6. The number of imide groups is 1. The molecule has 3 amide bonds. The van der Waals surface area contributed by atoms with E-state index in [0.29, 0.717) is 10.5 Å². The van der Waals surface area contributed by atoms with E-state index in [1.807, 2.05) is 0 Å². The Morgan fingerprint density at radius 2 is 1.56 bits per heavy atom. The first-order valence-electron chi connectivity index (χ1n) is 10.7. The van der Waals surface area contributed by atoms with Gasteiger partial charge in [0, 0.05) is 36.8 Å². The molecule has 0 saturated carbocycles. The van der Waals surface area contributed by atoms with Gasteiger partial charge in [-0.05, 0) is 17.7 Å². The lowest BCUT2D eigenvalue weighted by Gasteiger charge is -2.23. The molecule has 1 fully saturated rings. The van der Waals surface area contributed by atoms with Crippen molar-refractivity contribution in [3.63, 3.8) is 0 Å². The van der Waals surface area contributed by atoms with Gasteiger partial charge < -0.3 is 14.4 Å². The third-order valence-electron chi connectivity index (χ3n) is 5.16. The van der Waals surface area contributed by atoms with Crippen molar-refractivity contribution >= 4 is 99.2 Å². The van der Waals surface area contributed by atoms with E-state index in [2.05, 4.69) is 4.98 Å². The summed E-state index contributed by atoms with van der Waals surface area (Å²) in [6.07, 6.45) is -6.19. The quantitative estimate of drug-likeness (QED) is 0.307. The van der Waals surface area contributed by atoms with Gasteiger partial charge >= 0.3 is 18.4 Å². The SMILES string of the molecule is O=C1CC(c2cccc(C(F)(F)F)c2)CN1c1ccnc(N(C(=O)OCC(Cl)(Cl)Cl)C(=O)OCC(Cl)(Cl)Cl)c1. The van der Waals surface area contributed by atoms with Crippen LogP contribution in [0.1, 0.15) is 23.5 Å². The van der Waals surface area contributed by atoms with Crippen molar-refractivity contribution in [1.82, 2.24) is 4.98 Å². The lowest BCUT2D eigenvalue weighted by molar-refractivity contribution is -0.137. The Hall–Kier alpha value is -1.89. The molecular weight excluding hydrogens is 656 g/mol. The third-order valence-corrected chi connectivity index (χ3v) is 5.82. The van der Waals surface area contributed by atoms with Gasteiger partial charge in [-0.1, -0.05) is 87.8 Å². The van der Waals surface area contributed by atoms with Crippen molar-refractivity contribution in [2.45, 2.75) is 26.1 Å². The van der Waals surface area contributed by atoms with Crippen LogP contribution in [0.3, 0.4) is 0 Å². The van der Waals surface area contributed by atoms with Crippen molar-refractivity contribution in [1.29, 1.82) is 0 Å². The molecule has 1 aromatic heterocycles. The second-order valence-electron chi connectivity index (χ2n) is 8.08. The van der Waals surface area contributed by atoms with E-state index < -0.39 is 56.6 Å². The van der Waals surface area contributed by atoms with Crippen LogP contribution in [0.25, 0.3) is 0 Å². The van der Waals surface area contributed by atoms with Crippen LogP contribution in [0.5, 0.6) is 0 Å². The number of ether oxygens (including phenoxy) is 2. The topological polar surface area (TPSA) is 89.0 Å². The minimum atomic E-state index is -4.54. The largest absolute Gasteiger partial charge is 0.444 e. The van der Waals surface area contributed by atoms with Crippen LogP contribution in [0.2, 0.25) is 0 Å². The Morgan fingerprint density at radius 1 is 0.974 bits per heavy atom. The summed E-state index contributed by atoms with van der Waals surface area (Å²) in [7, 11) is 0. The first-order chi connectivity index (χ1) is 17.9. The van der Waals surface area contributed by atoms with E-state index in [0.717, 1.165) is 12.1 Å². The zero-order valence-electron chi connectivity index (χ0n) is 19.2. The number of benzene rings is 1. The first kappa shape index (κ1) is 31.6. The Kier molecular flexibility index (Phi) is 9.99.